The molecule has 0 aromatic heterocycles. The number of carbonyl (C=O) groups excluding carboxylic acids is 2. The lowest BCUT2D eigenvalue weighted by Crippen LogP contribution is -2.24. The summed E-state index contributed by atoms with van der Waals surface area (Å²) in [7, 11) is 0. The first-order valence-electron chi connectivity index (χ1n) is 7.10. The lowest BCUT2D eigenvalue weighted by atomic mass is 10.1. The van der Waals surface area contributed by atoms with E-state index in [0.717, 1.165) is 11.3 Å². The van der Waals surface area contributed by atoms with E-state index in [2.05, 4.69) is 5.32 Å². The van der Waals surface area contributed by atoms with Gasteiger partial charge < -0.3 is 10.1 Å². The van der Waals surface area contributed by atoms with Crippen LogP contribution in [0.25, 0.3) is 0 Å². The molecule has 0 saturated carbocycles. The summed E-state index contributed by atoms with van der Waals surface area (Å²) in [6, 6.07) is 16.7. The van der Waals surface area contributed by atoms with Crippen LogP contribution in [-0.4, -0.2) is 25.2 Å². The van der Waals surface area contributed by atoms with Crippen molar-refractivity contribution in [3.63, 3.8) is 0 Å². The molecule has 1 fully saturated rings. The Morgan fingerprint density at radius 2 is 1.82 bits per heavy atom. The lowest BCUT2D eigenvalue weighted by Gasteiger charge is -2.13. The minimum absolute atomic E-state index is 0.139. The van der Waals surface area contributed by atoms with Crippen molar-refractivity contribution in [3.8, 4) is 0 Å². The average molecular weight is 296 g/mol. The van der Waals surface area contributed by atoms with Crippen LogP contribution in [0.4, 0.5) is 10.5 Å². The zero-order chi connectivity index (χ0) is 15.4. The maximum atomic E-state index is 12.1. The number of hydrogen-bond acceptors (Lipinski definition) is 3. The quantitative estimate of drug-likeness (QED) is 0.943. The van der Waals surface area contributed by atoms with E-state index < -0.39 is 0 Å². The molecular weight excluding hydrogens is 280 g/mol. The first-order chi connectivity index (χ1) is 10.7. The summed E-state index contributed by atoms with van der Waals surface area (Å²) >= 11 is 0. The van der Waals surface area contributed by atoms with Crippen LogP contribution >= 0.6 is 0 Å². The van der Waals surface area contributed by atoms with Crippen LogP contribution in [-0.2, 0) is 11.3 Å². The number of ether oxygens (including phenoxy) is 1. The molecule has 0 atom stereocenters. The van der Waals surface area contributed by atoms with Gasteiger partial charge in [-0.1, -0.05) is 30.3 Å². The number of cyclic esters (lactones) is 1. The number of rotatable bonds is 4. The number of hydrogen-bond donors (Lipinski definition) is 1. The van der Waals surface area contributed by atoms with E-state index in [9.17, 15) is 9.59 Å². The third-order valence-corrected chi connectivity index (χ3v) is 3.50. The Morgan fingerprint density at radius 1 is 1.09 bits per heavy atom. The zero-order valence-corrected chi connectivity index (χ0v) is 12.0. The highest BCUT2D eigenvalue weighted by molar-refractivity contribution is 5.95. The molecule has 3 rings (SSSR count). The summed E-state index contributed by atoms with van der Waals surface area (Å²) in [6.45, 7) is 1.43. The molecule has 1 N–H and O–H groups in total. The molecule has 0 unspecified atom stereocenters. The fourth-order valence-electron chi connectivity index (χ4n) is 2.30. The van der Waals surface area contributed by atoms with Crippen molar-refractivity contribution in [2.75, 3.05) is 18.1 Å². The van der Waals surface area contributed by atoms with Gasteiger partial charge in [0.05, 0.1) is 6.54 Å². The van der Waals surface area contributed by atoms with Crippen molar-refractivity contribution < 1.29 is 14.3 Å². The second-order valence-corrected chi connectivity index (χ2v) is 4.98. The predicted molar refractivity (Wildman–Crippen MR) is 82.7 cm³/mol. The lowest BCUT2D eigenvalue weighted by molar-refractivity contribution is 0.0951. The molecule has 112 valence electrons. The minimum Gasteiger partial charge on any atom is -0.447 e. The monoisotopic (exact) mass is 296 g/mol. The fraction of sp³-hybridized carbons (Fsp3) is 0.176. The minimum atomic E-state index is -0.346. The van der Waals surface area contributed by atoms with Crippen LogP contribution in [0.15, 0.2) is 54.6 Å². The summed E-state index contributed by atoms with van der Waals surface area (Å²) in [5.74, 6) is -0.139. The van der Waals surface area contributed by atoms with Crippen molar-refractivity contribution in [2.24, 2.45) is 0 Å². The Balaban J connectivity index is 1.62. The summed E-state index contributed by atoms with van der Waals surface area (Å²) in [4.78, 5) is 25.1. The fourth-order valence-corrected chi connectivity index (χ4v) is 2.30. The topological polar surface area (TPSA) is 58.6 Å². The molecule has 1 aliphatic heterocycles. The zero-order valence-electron chi connectivity index (χ0n) is 12.0. The van der Waals surface area contributed by atoms with Crippen molar-refractivity contribution in [3.05, 3.63) is 65.7 Å². The smallest absolute Gasteiger partial charge is 0.414 e. The number of benzene rings is 2. The summed E-state index contributed by atoms with van der Waals surface area (Å²) in [5, 5.41) is 2.87. The molecule has 0 aliphatic carbocycles. The van der Waals surface area contributed by atoms with Gasteiger partial charge in [-0.3, -0.25) is 9.69 Å². The van der Waals surface area contributed by atoms with Gasteiger partial charge in [0.15, 0.2) is 0 Å². The summed E-state index contributed by atoms with van der Waals surface area (Å²) < 4.78 is 4.89. The standard InChI is InChI=1S/C17H16N2O3/c20-16(18-12-13-4-2-1-3-5-13)14-6-8-15(9-7-14)19-10-11-22-17(19)21/h1-9H,10-12H2,(H,18,20). The normalized spacial score (nSPS) is 13.8. The molecule has 2 aromatic rings. The summed E-state index contributed by atoms with van der Waals surface area (Å²) in [5.41, 5.74) is 2.35. The van der Waals surface area contributed by atoms with E-state index in [0.29, 0.717) is 25.3 Å². The van der Waals surface area contributed by atoms with Crippen LogP contribution < -0.4 is 10.2 Å². The molecule has 2 aromatic carbocycles. The Morgan fingerprint density at radius 3 is 2.45 bits per heavy atom. The third kappa shape index (κ3) is 3.09. The second kappa shape index (κ2) is 6.30. The second-order valence-electron chi connectivity index (χ2n) is 4.98. The maximum absolute atomic E-state index is 12.1. The number of anilines is 1. The first-order valence-corrected chi connectivity index (χ1v) is 7.10. The molecule has 5 nitrogen and oxygen atoms in total. The van der Waals surface area contributed by atoms with Gasteiger partial charge >= 0.3 is 6.09 Å². The summed E-state index contributed by atoms with van der Waals surface area (Å²) in [6.07, 6.45) is -0.346. The molecule has 5 heteroatoms. The van der Waals surface area contributed by atoms with Gasteiger partial charge in [0.1, 0.15) is 6.61 Å². The van der Waals surface area contributed by atoms with E-state index in [1.54, 1.807) is 29.2 Å². The Hall–Kier alpha value is -2.82. The van der Waals surface area contributed by atoms with Crippen LogP contribution in [0.1, 0.15) is 15.9 Å². The van der Waals surface area contributed by atoms with Gasteiger partial charge in [-0.25, -0.2) is 4.79 Å². The Kier molecular flexibility index (Phi) is 4.05. The van der Waals surface area contributed by atoms with Crippen molar-refractivity contribution >= 4 is 17.7 Å². The Labute approximate surface area is 128 Å². The van der Waals surface area contributed by atoms with Crippen molar-refractivity contribution in [2.45, 2.75) is 6.54 Å². The number of nitrogens with one attached hydrogen (secondary N) is 1. The molecule has 1 aliphatic rings. The van der Waals surface area contributed by atoms with Gasteiger partial charge in [-0.05, 0) is 29.8 Å². The van der Waals surface area contributed by atoms with Crippen LogP contribution in [0.5, 0.6) is 0 Å². The van der Waals surface area contributed by atoms with Gasteiger partial charge in [0, 0.05) is 17.8 Å². The van der Waals surface area contributed by atoms with Crippen molar-refractivity contribution in [1.29, 1.82) is 0 Å². The van der Waals surface area contributed by atoms with Crippen molar-refractivity contribution in [1.82, 2.24) is 5.32 Å². The van der Waals surface area contributed by atoms with Crippen LogP contribution in [0.2, 0.25) is 0 Å². The number of carbonyl (C=O) groups is 2. The predicted octanol–water partition coefficient (Wildman–Crippen LogP) is 2.57. The van der Waals surface area contributed by atoms with E-state index in [1.807, 2.05) is 30.3 Å². The maximum Gasteiger partial charge on any atom is 0.414 e. The highest BCUT2D eigenvalue weighted by atomic mass is 16.6. The van der Waals surface area contributed by atoms with Crippen LogP contribution in [0, 0.1) is 0 Å². The largest absolute Gasteiger partial charge is 0.447 e. The molecule has 2 amide bonds. The average Bonchev–Trinajstić information content (AvgIpc) is 3.00. The SMILES string of the molecule is O=C(NCc1ccccc1)c1ccc(N2CCOC2=O)cc1. The molecule has 22 heavy (non-hydrogen) atoms. The van der Waals surface area contributed by atoms with Gasteiger partial charge in [0.25, 0.3) is 5.91 Å². The van der Waals surface area contributed by atoms with E-state index in [1.165, 1.54) is 0 Å². The van der Waals surface area contributed by atoms with E-state index in [4.69, 9.17) is 4.74 Å². The number of amides is 2. The first kappa shape index (κ1) is 14.1. The van der Waals surface area contributed by atoms with E-state index >= 15 is 0 Å². The Bertz CT molecular complexity index is 668. The molecule has 0 spiro atoms. The molecule has 1 saturated heterocycles. The molecule has 0 radical (unpaired) electrons. The molecule has 0 bridgehead atoms. The van der Waals surface area contributed by atoms with Crippen LogP contribution in [0.3, 0.4) is 0 Å². The van der Waals surface area contributed by atoms with E-state index in [-0.39, 0.29) is 12.0 Å². The highest BCUT2D eigenvalue weighted by Gasteiger charge is 2.23. The van der Waals surface area contributed by atoms with Gasteiger partial charge in [-0.2, -0.15) is 0 Å². The van der Waals surface area contributed by atoms with Gasteiger partial charge in [-0.15, -0.1) is 0 Å². The number of nitrogens with zero attached hydrogens (tertiary/aromatic N) is 1. The van der Waals surface area contributed by atoms with Gasteiger partial charge in [0.2, 0.25) is 0 Å². The highest BCUT2D eigenvalue weighted by Crippen LogP contribution is 2.19. The third-order valence-electron chi connectivity index (χ3n) is 3.50. The molecular formula is C17H16N2O3. The molecule has 1 heterocycles.